The van der Waals surface area contributed by atoms with Gasteiger partial charge in [-0.05, 0) is 24.8 Å². The number of anilines is 2. The van der Waals surface area contributed by atoms with Crippen molar-refractivity contribution in [1.29, 1.82) is 0 Å². The first-order valence-electron chi connectivity index (χ1n) is 9.85. The molecule has 30 heavy (non-hydrogen) atoms. The van der Waals surface area contributed by atoms with Crippen LogP contribution in [0.15, 0.2) is 24.7 Å². The van der Waals surface area contributed by atoms with Gasteiger partial charge in [-0.2, -0.15) is 14.6 Å². The largest absolute Gasteiger partial charge is 0.375 e. The van der Waals surface area contributed by atoms with Gasteiger partial charge < -0.3 is 11.1 Å². The predicted octanol–water partition coefficient (Wildman–Crippen LogP) is 3.46. The first-order valence-corrected chi connectivity index (χ1v) is 10.7. The van der Waals surface area contributed by atoms with Crippen molar-refractivity contribution in [3.8, 4) is 11.4 Å². The minimum Gasteiger partial charge on any atom is -0.375 e. The Morgan fingerprint density at radius 2 is 2.10 bits per heavy atom. The molecule has 4 heterocycles. The summed E-state index contributed by atoms with van der Waals surface area (Å²) in [5.41, 5.74) is 9.21. The fourth-order valence-electron chi connectivity index (χ4n) is 3.76. The number of nitrogen functional groups attached to an aromatic ring is 1. The van der Waals surface area contributed by atoms with Crippen LogP contribution in [0.3, 0.4) is 0 Å². The quantitative estimate of drug-likeness (QED) is 0.517. The van der Waals surface area contributed by atoms with Crippen molar-refractivity contribution in [1.82, 2.24) is 29.5 Å². The molecule has 0 aromatic carbocycles. The zero-order chi connectivity index (χ0) is 20.8. The van der Waals surface area contributed by atoms with Crippen molar-refractivity contribution in [2.45, 2.75) is 45.1 Å². The van der Waals surface area contributed by atoms with Gasteiger partial charge in [0.05, 0.1) is 18.1 Å². The number of nitrogens with one attached hydrogen (secondary N) is 1. The number of pyridine rings is 1. The number of hydrogen-bond donors (Lipinski definition) is 2. The third kappa shape index (κ3) is 3.36. The van der Waals surface area contributed by atoms with E-state index in [0.717, 1.165) is 30.5 Å². The standard InChI is InChI=1S/C20H21FN8S/c1-10(2)14-9-24-29-18(14)27-17(11-5-12(21)8-23-7-11)28-20(29)25-13-3-4-15-16(6-13)30-19(22)26-15/h5,7-10,13H,3-4,6H2,1-2H3,(H2,22,26)(H,25,27,28)/t13-/m1/s1. The number of halogens is 1. The Balaban J connectivity index is 1.56. The highest BCUT2D eigenvalue weighted by molar-refractivity contribution is 7.15. The van der Waals surface area contributed by atoms with Crippen LogP contribution < -0.4 is 11.1 Å². The van der Waals surface area contributed by atoms with Crippen molar-refractivity contribution in [3.63, 3.8) is 0 Å². The lowest BCUT2D eigenvalue weighted by atomic mass is 9.98. The summed E-state index contributed by atoms with van der Waals surface area (Å²) < 4.78 is 15.5. The van der Waals surface area contributed by atoms with E-state index in [1.54, 1.807) is 10.7 Å². The average molecular weight is 425 g/mol. The Morgan fingerprint density at radius 1 is 1.23 bits per heavy atom. The molecule has 1 aliphatic carbocycles. The summed E-state index contributed by atoms with van der Waals surface area (Å²) in [5, 5.41) is 8.65. The van der Waals surface area contributed by atoms with E-state index in [9.17, 15) is 4.39 Å². The van der Waals surface area contributed by atoms with Gasteiger partial charge in [0, 0.05) is 34.7 Å². The molecule has 4 aromatic rings. The topological polar surface area (TPSA) is 107 Å². The van der Waals surface area contributed by atoms with Gasteiger partial charge in [-0.25, -0.2) is 14.4 Å². The van der Waals surface area contributed by atoms with E-state index >= 15 is 0 Å². The molecule has 1 atom stereocenters. The molecule has 0 amide bonds. The van der Waals surface area contributed by atoms with Gasteiger partial charge in [0.15, 0.2) is 16.6 Å². The Bertz CT molecular complexity index is 1230. The second kappa shape index (κ2) is 7.28. The predicted molar refractivity (Wildman–Crippen MR) is 114 cm³/mol. The molecular formula is C20H21FN8S. The first kappa shape index (κ1) is 18.9. The van der Waals surface area contributed by atoms with E-state index < -0.39 is 5.82 Å². The SMILES string of the molecule is CC(C)c1cnn2c(N[C@@H]3CCc4nc(N)sc4C3)nc(-c3cncc(F)c3)nc12. The summed E-state index contributed by atoms with van der Waals surface area (Å²) in [4.78, 5) is 18.9. The lowest BCUT2D eigenvalue weighted by Crippen LogP contribution is -2.28. The van der Waals surface area contributed by atoms with E-state index in [1.165, 1.54) is 28.5 Å². The Labute approximate surface area is 176 Å². The third-order valence-electron chi connectivity index (χ3n) is 5.27. The zero-order valence-corrected chi connectivity index (χ0v) is 17.4. The molecule has 0 spiro atoms. The Kier molecular flexibility index (Phi) is 4.58. The number of rotatable bonds is 4. The number of aromatic nitrogens is 6. The molecule has 0 saturated carbocycles. The van der Waals surface area contributed by atoms with Gasteiger partial charge in [0.25, 0.3) is 0 Å². The number of thiazole rings is 1. The molecule has 3 N–H and O–H groups in total. The van der Waals surface area contributed by atoms with Crippen molar-refractivity contribution >= 4 is 28.1 Å². The highest BCUT2D eigenvalue weighted by Crippen LogP contribution is 2.30. The minimum absolute atomic E-state index is 0.167. The van der Waals surface area contributed by atoms with Gasteiger partial charge >= 0.3 is 0 Å². The Morgan fingerprint density at radius 3 is 2.90 bits per heavy atom. The lowest BCUT2D eigenvalue weighted by Gasteiger charge is -2.23. The van der Waals surface area contributed by atoms with Crippen molar-refractivity contribution < 1.29 is 4.39 Å². The number of aryl methyl sites for hydroxylation is 1. The second-order valence-electron chi connectivity index (χ2n) is 7.76. The van der Waals surface area contributed by atoms with Crippen LogP contribution in [-0.2, 0) is 12.8 Å². The molecule has 1 aliphatic rings. The second-order valence-corrected chi connectivity index (χ2v) is 8.87. The summed E-state index contributed by atoms with van der Waals surface area (Å²) in [6.45, 7) is 4.18. The molecule has 0 fully saturated rings. The third-order valence-corrected chi connectivity index (χ3v) is 6.22. The van der Waals surface area contributed by atoms with Crippen LogP contribution in [0.1, 0.15) is 42.3 Å². The number of fused-ring (bicyclic) bond motifs is 2. The van der Waals surface area contributed by atoms with E-state index in [0.29, 0.717) is 28.1 Å². The van der Waals surface area contributed by atoms with Gasteiger partial charge in [0.1, 0.15) is 5.82 Å². The summed E-state index contributed by atoms with van der Waals surface area (Å²) in [5.74, 6) is 0.807. The fraction of sp³-hybridized carbons (Fsp3) is 0.350. The maximum absolute atomic E-state index is 13.8. The van der Waals surface area contributed by atoms with Crippen LogP contribution in [0.5, 0.6) is 0 Å². The van der Waals surface area contributed by atoms with Gasteiger partial charge in [0.2, 0.25) is 5.95 Å². The molecule has 0 saturated heterocycles. The summed E-state index contributed by atoms with van der Waals surface area (Å²) >= 11 is 1.54. The number of nitrogens with two attached hydrogens (primary N) is 1. The molecule has 0 unspecified atom stereocenters. The number of hydrogen-bond acceptors (Lipinski definition) is 8. The van der Waals surface area contributed by atoms with E-state index in [4.69, 9.17) is 5.73 Å². The van der Waals surface area contributed by atoms with Crippen LogP contribution in [0.2, 0.25) is 0 Å². The highest BCUT2D eigenvalue weighted by atomic mass is 32.1. The molecule has 0 radical (unpaired) electrons. The fourth-order valence-corrected chi connectivity index (χ4v) is 4.72. The van der Waals surface area contributed by atoms with Crippen LogP contribution in [0.4, 0.5) is 15.5 Å². The molecule has 0 bridgehead atoms. The molecular weight excluding hydrogens is 403 g/mol. The van der Waals surface area contributed by atoms with Gasteiger partial charge in [-0.1, -0.05) is 13.8 Å². The smallest absolute Gasteiger partial charge is 0.228 e. The molecule has 4 aromatic heterocycles. The maximum Gasteiger partial charge on any atom is 0.228 e. The minimum atomic E-state index is -0.425. The molecule has 154 valence electrons. The van der Waals surface area contributed by atoms with Crippen LogP contribution in [0.25, 0.3) is 17.0 Å². The van der Waals surface area contributed by atoms with Crippen LogP contribution in [0, 0.1) is 5.82 Å². The summed E-state index contributed by atoms with van der Waals surface area (Å²) in [6.07, 6.45) is 7.15. The van der Waals surface area contributed by atoms with E-state index in [2.05, 4.69) is 44.2 Å². The first-order chi connectivity index (χ1) is 14.5. The summed E-state index contributed by atoms with van der Waals surface area (Å²) in [6, 6.07) is 1.56. The van der Waals surface area contributed by atoms with E-state index in [-0.39, 0.29) is 12.0 Å². The molecule has 10 heteroatoms. The normalized spacial score (nSPS) is 16.2. The number of nitrogens with zero attached hydrogens (tertiary/aromatic N) is 6. The molecule has 0 aliphatic heterocycles. The van der Waals surface area contributed by atoms with Crippen molar-refractivity contribution in [3.05, 3.63) is 46.6 Å². The van der Waals surface area contributed by atoms with Crippen molar-refractivity contribution in [2.75, 3.05) is 11.1 Å². The van der Waals surface area contributed by atoms with Crippen LogP contribution >= 0.6 is 11.3 Å². The lowest BCUT2D eigenvalue weighted by molar-refractivity contribution is 0.602. The maximum atomic E-state index is 13.8. The summed E-state index contributed by atoms with van der Waals surface area (Å²) in [7, 11) is 0. The highest BCUT2D eigenvalue weighted by Gasteiger charge is 2.24. The van der Waals surface area contributed by atoms with Crippen LogP contribution in [-0.4, -0.2) is 35.6 Å². The monoisotopic (exact) mass is 424 g/mol. The average Bonchev–Trinajstić information content (AvgIpc) is 3.30. The Hall–Kier alpha value is -3.14. The molecule has 5 rings (SSSR count). The molecule has 8 nitrogen and oxygen atoms in total. The van der Waals surface area contributed by atoms with Crippen molar-refractivity contribution in [2.24, 2.45) is 0 Å². The van der Waals surface area contributed by atoms with Gasteiger partial charge in [-0.15, -0.1) is 11.3 Å². The van der Waals surface area contributed by atoms with Gasteiger partial charge in [-0.3, -0.25) is 4.98 Å². The van der Waals surface area contributed by atoms with E-state index in [1.807, 2.05) is 6.20 Å². The zero-order valence-electron chi connectivity index (χ0n) is 16.6.